The van der Waals surface area contributed by atoms with Gasteiger partial charge in [-0.15, -0.1) is 0 Å². The number of likely N-dealkylation sites (tertiary alicyclic amines) is 1. The zero-order valence-electron chi connectivity index (χ0n) is 11.9. The molecule has 1 unspecified atom stereocenters. The van der Waals surface area contributed by atoms with E-state index in [1.165, 1.54) is 25.7 Å². The van der Waals surface area contributed by atoms with Crippen molar-refractivity contribution < 1.29 is 4.79 Å². The zero-order valence-corrected chi connectivity index (χ0v) is 11.9. The van der Waals surface area contributed by atoms with Gasteiger partial charge in [0.25, 0.3) is 0 Å². The van der Waals surface area contributed by atoms with Gasteiger partial charge in [0.05, 0.1) is 5.41 Å². The molecule has 108 valence electrons. The van der Waals surface area contributed by atoms with Gasteiger partial charge in [0, 0.05) is 19.6 Å². The smallest absolute Gasteiger partial charge is 0.230 e. The van der Waals surface area contributed by atoms with Gasteiger partial charge in [-0.05, 0) is 50.6 Å². The SMILES string of the molecule is NCC1CCCN(C(=O)[C@@]23CCCC[C@H]2CNC3)C1. The number of hydrogen-bond acceptors (Lipinski definition) is 3. The fourth-order valence-electron chi connectivity index (χ4n) is 4.43. The molecule has 2 aliphatic heterocycles. The molecule has 1 saturated carbocycles. The minimum absolute atomic E-state index is 0.0747. The Bertz CT molecular complexity index is 346. The van der Waals surface area contributed by atoms with Crippen LogP contribution in [-0.2, 0) is 4.79 Å². The Kier molecular flexibility index (Phi) is 3.81. The minimum Gasteiger partial charge on any atom is -0.342 e. The maximum absolute atomic E-state index is 13.1. The van der Waals surface area contributed by atoms with Crippen LogP contribution in [0.4, 0.5) is 0 Å². The summed E-state index contributed by atoms with van der Waals surface area (Å²) in [7, 11) is 0. The summed E-state index contributed by atoms with van der Waals surface area (Å²) >= 11 is 0. The fourth-order valence-corrected chi connectivity index (χ4v) is 4.43. The number of nitrogens with zero attached hydrogens (tertiary/aromatic N) is 1. The van der Waals surface area contributed by atoms with Crippen LogP contribution < -0.4 is 11.1 Å². The second kappa shape index (κ2) is 5.41. The van der Waals surface area contributed by atoms with Gasteiger partial charge >= 0.3 is 0 Å². The number of nitrogens with two attached hydrogens (primary N) is 1. The highest BCUT2D eigenvalue weighted by molar-refractivity contribution is 5.84. The molecule has 3 N–H and O–H groups in total. The number of hydrogen-bond donors (Lipinski definition) is 2. The normalized spacial score (nSPS) is 39.1. The second-order valence-electron chi connectivity index (χ2n) is 6.72. The van der Waals surface area contributed by atoms with Crippen molar-refractivity contribution in [1.82, 2.24) is 10.2 Å². The zero-order chi connectivity index (χ0) is 13.3. The molecule has 19 heavy (non-hydrogen) atoms. The van der Waals surface area contributed by atoms with Crippen molar-refractivity contribution >= 4 is 5.91 Å². The van der Waals surface area contributed by atoms with Gasteiger partial charge in [0.1, 0.15) is 0 Å². The molecule has 2 saturated heterocycles. The summed E-state index contributed by atoms with van der Waals surface area (Å²) in [6.07, 6.45) is 7.15. The van der Waals surface area contributed by atoms with Gasteiger partial charge in [0.15, 0.2) is 0 Å². The van der Waals surface area contributed by atoms with E-state index in [0.717, 1.165) is 45.6 Å². The molecular formula is C15H27N3O. The van der Waals surface area contributed by atoms with Gasteiger partial charge in [-0.25, -0.2) is 0 Å². The maximum Gasteiger partial charge on any atom is 0.230 e. The molecule has 2 heterocycles. The maximum atomic E-state index is 13.1. The molecular weight excluding hydrogens is 238 g/mol. The first-order chi connectivity index (χ1) is 9.26. The largest absolute Gasteiger partial charge is 0.342 e. The Morgan fingerprint density at radius 1 is 1.32 bits per heavy atom. The van der Waals surface area contributed by atoms with Crippen molar-refractivity contribution in [2.75, 3.05) is 32.7 Å². The Morgan fingerprint density at radius 2 is 2.21 bits per heavy atom. The second-order valence-corrected chi connectivity index (χ2v) is 6.72. The Hall–Kier alpha value is -0.610. The number of nitrogens with one attached hydrogen (secondary N) is 1. The number of carbonyl (C=O) groups is 1. The van der Waals surface area contributed by atoms with Gasteiger partial charge in [-0.2, -0.15) is 0 Å². The Balaban J connectivity index is 1.74. The third-order valence-electron chi connectivity index (χ3n) is 5.60. The van der Waals surface area contributed by atoms with Crippen molar-refractivity contribution in [1.29, 1.82) is 0 Å². The minimum atomic E-state index is -0.0747. The highest BCUT2D eigenvalue weighted by Crippen LogP contribution is 2.45. The highest BCUT2D eigenvalue weighted by atomic mass is 16.2. The lowest BCUT2D eigenvalue weighted by Crippen LogP contribution is -2.53. The molecule has 0 aromatic heterocycles. The van der Waals surface area contributed by atoms with E-state index in [9.17, 15) is 4.79 Å². The Labute approximate surface area is 116 Å². The van der Waals surface area contributed by atoms with Crippen molar-refractivity contribution in [3.63, 3.8) is 0 Å². The van der Waals surface area contributed by atoms with Crippen LogP contribution in [0.25, 0.3) is 0 Å². The first-order valence-corrected chi connectivity index (χ1v) is 7.96. The number of carbonyl (C=O) groups excluding carboxylic acids is 1. The van der Waals surface area contributed by atoms with E-state index in [1.54, 1.807) is 0 Å². The van der Waals surface area contributed by atoms with Crippen LogP contribution in [0.5, 0.6) is 0 Å². The van der Waals surface area contributed by atoms with E-state index < -0.39 is 0 Å². The highest BCUT2D eigenvalue weighted by Gasteiger charge is 2.51. The van der Waals surface area contributed by atoms with Crippen LogP contribution in [0.2, 0.25) is 0 Å². The Morgan fingerprint density at radius 3 is 3.05 bits per heavy atom. The van der Waals surface area contributed by atoms with Gasteiger partial charge < -0.3 is 16.0 Å². The molecule has 4 nitrogen and oxygen atoms in total. The molecule has 1 aliphatic carbocycles. The standard InChI is InChI=1S/C15H27N3O/c16-8-12-4-3-7-18(10-12)14(19)15-6-2-1-5-13(15)9-17-11-15/h12-13,17H,1-11,16H2/t12?,13-,15+/m0/s1. The summed E-state index contributed by atoms with van der Waals surface area (Å²) in [6.45, 7) is 4.51. The van der Waals surface area contributed by atoms with Crippen molar-refractivity contribution in [3.8, 4) is 0 Å². The van der Waals surface area contributed by atoms with E-state index >= 15 is 0 Å². The van der Waals surface area contributed by atoms with E-state index in [-0.39, 0.29) is 5.41 Å². The molecule has 3 atom stereocenters. The van der Waals surface area contributed by atoms with Gasteiger partial charge in [0.2, 0.25) is 5.91 Å². The van der Waals surface area contributed by atoms with Crippen molar-refractivity contribution in [2.45, 2.75) is 38.5 Å². The van der Waals surface area contributed by atoms with E-state index in [4.69, 9.17) is 5.73 Å². The molecule has 3 fully saturated rings. The van der Waals surface area contributed by atoms with E-state index in [1.807, 2.05) is 0 Å². The molecule has 0 aromatic carbocycles. The van der Waals surface area contributed by atoms with Crippen LogP contribution in [0.1, 0.15) is 38.5 Å². The molecule has 1 amide bonds. The quantitative estimate of drug-likeness (QED) is 0.782. The van der Waals surface area contributed by atoms with Crippen LogP contribution in [0, 0.1) is 17.3 Å². The molecule has 3 aliphatic rings. The lowest BCUT2D eigenvalue weighted by molar-refractivity contribution is -0.147. The van der Waals surface area contributed by atoms with Crippen molar-refractivity contribution in [2.24, 2.45) is 23.0 Å². The van der Waals surface area contributed by atoms with Crippen LogP contribution in [-0.4, -0.2) is 43.5 Å². The van der Waals surface area contributed by atoms with Crippen LogP contribution in [0.3, 0.4) is 0 Å². The molecule has 0 aromatic rings. The molecule has 0 spiro atoms. The van der Waals surface area contributed by atoms with Crippen molar-refractivity contribution in [3.05, 3.63) is 0 Å². The van der Waals surface area contributed by atoms with E-state index in [0.29, 0.717) is 17.7 Å². The first-order valence-electron chi connectivity index (χ1n) is 7.96. The third kappa shape index (κ3) is 2.29. The molecule has 0 radical (unpaired) electrons. The number of piperidine rings is 1. The fraction of sp³-hybridized carbons (Fsp3) is 0.933. The van der Waals surface area contributed by atoms with Gasteiger partial charge in [-0.3, -0.25) is 4.79 Å². The average molecular weight is 265 g/mol. The average Bonchev–Trinajstić information content (AvgIpc) is 2.91. The summed E-state index contributed by atoms with van der Waals surface area (Å²) < 4.78 is 0. The number of fused-ring (bicyclic) bond motifs is 1. The molecule has 4 heteroatoms. The summed E-state index contributed by atoms with van der Waals surface area (Å²) in [5, 5.41) is 3.48. The monoisotopic (exact) mass is 265 g/mol. The summed E-state index contributed by atoms with van der Waals surface area (Å²) in [5.74, 6) is 1.53. The lowest BCUT2D eigenvalue weighted by Gasteiger charge is -2.43. The molecule has 3 rings (SSSR count). The third-order valence-corrected chi connectivity index (χ3v) is 5.60. The summed E-state index contributed by atoms with van der Waals surface area (Å²) in [5.41, 5.74) is 5.72. The van der Waals surface area contributed by atoms with Crippen LogP contribution in [0.15, 0.2) is 0 Å². The molecule has 0 bridgehead atoms. The first kappa shape index (κ1) is 13.4. The summed E-state index contributed by atoms with van der Waals surface area (Å²) in [6, 6.07) is 0. The lowest BCUT2D eigenvalue weighted by atomic mass is 9.67. The van der Waals surface area contributed by atoms with Gasteiger partial charge in [-0.1, -0.05) is 12.8 Å². The predicted molar refractivity (Wildman–Crippen MR) is 75.6 cm³/mol. The van der Waals surface area contributed by atoms with E-state index in [2.05, 4.69) is 10.2 Å². The van der Waals surface area contributed by atoms with Crippen LogP contribution >= 0.6 is 0 Å². The summed E-state index contributed by atoms with van der Waals surface area (Å²) in [4.78, 5) is 15.2. The number of amides is 1. The topological polar surface area (TPSA) is 58.4 Å². The number of rotatable bonds is 2. The predicted octanol–water partition coefficient (Wildman–Crippen LogP) is 0.964.